The highest BCUT2D eigenvalue weighted by Gasteiger charge is 2.60. The molecule has 4 fully saturated rings. The maximum absolute atomic E-state index is 2.75. The van der Waals surface area contributed by atoms with Gasteiger partial charge in [-0.05, 0) is 124 Å². The molecule has 174 valence electrons. The molecule has 0 aromatic carbocycles. The highest BCUT2D eigenvalue weighted by Crippen LogP contribution is 2.68. The van der Waals surface area contributed by atoms with E-state index in [1.807, 2.05) is 0 Å². The molecule has 1 nitrogen and oxygen atoms in total. The maximum Gasteiger partial charge on any atom is 0.00922 e. The van der Waals surface area contributed by atoms with Crippen molar-refractivity contribution < 1.29 is 0 Å². The lowest BCUT2D eigenvalue weighted by Gasteiger charge is -2.61. The standard InChI is InChI=1S/C29H53N/c1-20(2)9-8-10-21(3)25-13-14-26-24-12-11-22-19-23(30(6)7)15-17-28(22,4)27(24)16-18-29(25,26)5/h20-27H,8-19H2,1-7H3/t21-,22?,23?,24+,25-,26+,27+,28+,29-/m1/s1. The molecule has 0 aromatic heterocycles. The summed E-state index contributed by atoms with van der Waals surface area (Å²) in [5.74, 6) is 6.94. The van der Waals surface area contributed by atoms with E-state index in [1.165, 1.54) is 57.8 Å². The van der Waals surface area contributed by atoms with E-state index in [1.54, 1.807) is 19.3 Å². The molecule has 2 unspecified atom stereocenters. The van der Waals surface area contributed by atoms with Crippen LogP contribution < -0.4 is 0 Å². The van der Waals surface area contributed by atoms with E-state index < -0.39 is 0 Å². The molecular formula is C29H53N. The summed E-state index contributed by atoms with van der Waals surface area (Å²) in [5.41, 5.74) is 1.31. The first kappa shape index (κ1) is 23.1. The smallest absolute Gasteiger partial charge is 0.00922 e. The predicted molar refractivity (Wildman–Crippen MR) is 131 cm³/mol. The average Bonchev–Trinajstić information content (AvgIpc) is 3.04. The molecule has 0 bridgehead atoms. The van der Waals surface area contributed by atoms with E-state index in [2.05, 4.69) is 53.6 Å². The van der Waals surface area contributed by atoms with Crippen molar-refractivity contribution in [3.05, 3.63) is 0 Å². The third-order valence-electron chi connectivity index (χ3n) is 11.6. The van der Waals surface area contributed by atoms with Crippen LogP contribution in [0.1, 0.15) is 112 Å². The normalized spacial score (nSPS) is 47.1. The van der Waals surface area contributed by atoms with Gasteiger partial charge in [-0.1, -0.05) is 53.9 Å². The lowest BCUT2D eigenvalue weighted by molar-refractivity contribution is -0.122. The maximum atomic E-state index is 2.75. The Kier molecular flexibility index (Phi) is 6.72. The largest absolute Gasteiger partial charge is 0.306 e. The van der Waals surface area contributed by atoms with Crippen LogP contribution in [0.5, 0.6) is 0 Å². The molecule has 0 aromatic rings. The van der Waals surface area contributed by atoms with Crippen LogP contribution in [0.2, 0.25) is 0 Å². The topological polar surface area (TPSA) is 3.24 Å². The minimum absolute atomic E-state index is 0.651. The van der Waals surface area contributed by atoms with Crippen LogP contribution in [-0.2, 0) is 0 Å². The van der Waals surface area contributed by atoms with E-state index in [0.717, 1.165) is 47.5 Å². The van der Waals surface area contributed by atoms with Gasteiger partial charge in [0.05, 0.1) is 0 Å². The Balaban J connectivity index is 1.45. The molecule has 0 radical (unpaired) electrons. The van der Waals surface area contributed by atoms with Gasteiger partial charge in [-0.2, -0.15) is 0 Å². The fourth-order valence-electron chi connectivity index (χ4n) is 9.73. The van der Waals surface area contributed by atoms with E-state index in [-0.39, 0.29) is 0 Å². The Hall–Kier alpha value is -0.0400. The monoisotopic (exact) mass is 415 g/mol. The molecule has 0 aliphatic heterocycles. The Morgan fingerprint density at radius 1 is 0.800 bits per heavy atom. The summed E-state index contributed by atoms with van der Waals surface area (Å²) in [6, 6.07) is 0.844. The van der Waals surface area contributed by atoms with Crippen LogP contribution in [0, 0.1) is 52.3 Å². The molecule has 4 aliphatic rings. The minimum atomic E-state index is 0.651. The summed E-state index contributed by atoms with van der Waals surface area (Å²) in [4.78, 5) is 2.52. The molecular weight excluding hydrogens is 362 g/mol. The summed E-state index contributed by atoms with van der Waals surface area (Å²) >= 11 is 0. The number of hydrogen-bond donors (Lipinski definition) is 0. The fourth-order valence-corrected chi connectivity index (χ4v) is 9.73. The zero-order valence-corrected chi connectivity index (χ0v) is 21.6. The Labute approximate surface area is 189 Å². The predicted octanol–water partition coefficient (Wildman–Crippen LogP) is 8.04. The molecule has 1 heteroatoms. The van der Waals surface area contributed by atoms with Gasteiger partial charge in [-0.15, -0.1) is 0 Å². The Morgan fingerprint density at radius 2 is 1.50 bits per heavy atom. The van der Waals surface area contributed by atoms with E-state index in [4.69, 9.17) is 0 Å². The molecule has 0 spiro atoms. The van der Waals surface area contributed by atoms with Crippen LogP contribution in [-0.4, -0.2) is 25.0 Å². The summed E-state index contributed by atoms with van der Waals surface area (Å²) in [6.45, 7) is 12.9. The Morgan fingerprint density at radius 3 is 2.20 bits per heavy atom. The molecule has 4 aliphatic carbocycles. The van der Waals surface area contributed by atoms with Gasteiger partial charge in [-0.25, -0.2) is 0 Å². The van der Waals surface area contributed by atoms with E-state index in [9.17, 15) is 0 Å². The van der Waals surface area contributed by atoms with Crippen molar-refractivity contribution in [1.82, 2.24) is 4.90 Å². The third-order valence-corrected chi connectivity index (χ3v) is 11.6. The second-order valence-corrected chi connectivity index (χ2v) is 13.6. The Bertz CT molecular complexity index is 581. The summed E-state index contributed by atoms with van der Waals surface area (Å²) < 4.78 is 0. The van der Waals surface area contributed by atoms with Gasteiger partial charge < -0.3 is 4.90 Å². The highest BCUT2D eigenvalue weighted by molar-refractivity contribution is 5.10. The number of nitrogens with zero attached hydrogens (tertiary/aromatic N) is 1. The molecule has 4 rings (SSSR count). The zero-order chi connectivity index (χ0) is 21.7. The van der Waals surface area contributed by atoms with Crippen molar-refractivity contribution in [1.29, 1.82) is 0 Å². The van der Waals surface area contributed by atoms with Crippen LogP contribution in [0.25, 0.3) is 0 Å². The second kappa shape index (κ2) is 8.72. The van der Waals surface area contributed by atoms with Crippen molar-refractivity contribution >= 4 is 0 Å². The molecule has 0 amide bonds. The van der Waals surface area contributed by atoms with E-state index in [0.29, 0.717) is 10.8 Å². The minimum Gasteiger partial charge on any atom is -0.306 e. The van der Waals surface area contributed by atoms with E-state index >= 15 is 0 Å². The van der Waals surface area contributed by atoms with Crippen LogP contribution in [0.4, 0.5) is 0 Å². The quantitative estimate of drug-likeness (QED) is 0.424. The summed E-state index contributed by atoms with van der Waals surface area (Å²) in [7, 11) is 4.62. The third kappa shape index (κ3) is 3.92. The first-order valence-electron chi connectivity index (χ1n) is 13.8. The zero-order valence-electron chi connectivity index (χ0n) is 21.6. The van der Waals surface area contributed by atoms with Crippen molar-refractivity contribution in [3.63, 3.8) is 0 Å². The van der Waals surface area contributed by atoms with Gasteiger partial charge in [0.1, 0.15) is 0 Å². The molecule has 0 heterocycles. The van der Waals surface area contributed by atoms with Gasteiger partial charge in [0, 0.05) is 6.04 Å². The number of rotatable bonds is 6. The summed E-state index contributed by atoms with van der Waals surface area (Å²) in [5, 5.41) is 0. The number of hydrogen-bond acceptors (Lipinski definition) is 1. The molecule has 30 heavy (non-hydrogen) atoms. The lowest BCUT2D eigenvalue weighted by atomic mass is 9.44. The second-order valence-electron chi connectivity index (χ2n) is 13.6. The van der Waals surface area contributed by atoms with Gasteiger partial charge in [0.15, 0.2) is 0 Å². The SMILES string of the molecule is CC(C)CCC[C@@H](C)[C@H]1CC[C@H]2[C@@H]3CCC4CC(N(C)C)CC[C@]4(C)[C@H]3CC[C@]12C. The van der Waals surface area contributed by atoms with Crippen LogP contribution in [0.3, 0.4) is 0 Å². The van der Waals surface area contributed by atoms with Gasteiger partial charge in [0.25, 0.3) is 0 Å². The van der Waals surface area contributed by atoms with Gasteiger partial charge in [0.2, 0.25) is 0 Å². The molecule has 4 saturated carbocycles. The average molecular weight is 416 g/mol. The van der Waals surface area contributed by atoms with Crippen molar-refractivity contribution in [2.75, 3.05) is 14.1 Å². The fraction of sp³-hybridized carbons (Fsp3) is 1.00. The van der Waals surface area contributed by atoms with Gasteiger partial charge in [-0.3, -0.25) is 0 Å². The first-order valence-corrected chi connectivity index (χ1v) is 13.8. The van der Waals surface area contributed by atoms with Crippen LogP contribution >= 0.6 is 0 Å². The molecule has 9 atom stereocenters. The molecule has 0 N–H and O–H groups in total. The van der Waals surface area contributed by atoms with Gasteiger partial charge >= 0.3 is 0 Å². The van der Waals surface area contributed by atoms with Crippen molar-refractivity contribution in [2.24, 2.45) is 52.3 Å². The summed E-state index contributed by atoms with van der Waals surface area (Å²) in [6.07, 6.45) is 18.0. The lowest BCUT2D eigenvalue weighted by Crippen LogP contribution is -2.55. The van der Waals surface area contributed by atoms with Crippen LogP contribution in [0.15, 0.2) is 0 Å². The number of fused-ring (bicyclic) bond motifs is 5. The first-order chi connectivity index (χ1) is 14.2. The molecule has 0 saturated heterocycles. The van der Waals surface area contributed by atoms with Crippen molar-refractivity contribution in [2.45, 2.75) is 118 Å². The highest BCUT2D eigenvalue weighted by atomic mass is 15.1. The van der Waals surface area contributed by atoms with Crippen molar-refractivity contribution in [3.8, 4) is 0 Å².